The lowest BCUT2D eigenvalue weighted by molar-refractivity contribution is -0.162. The molecule has 0 aliphatic carbocycles. The molecule has 1 spiro atoms. The van der Waals surface area contributed by atoms with Gasteiger partial charge in [0, 0.05) is 12.6 Å². The SMILES string of the molecule is CC[C@H](C)[C@H](CO)N1C(=O)[C@@H]2[C@H]3C(=O)OCCCC/C=C\[C@@]3(C)O[C@@]23C=CCN(C(C)C)C(=O)C13. The first-order valence-corrected chi connectivity index (χ1v) is 13.1. The van der Waals surface area contributed by atoms with E-state index in [9.17, 15) is 19.5 Å². The lowest BCUT2D eigenvalue weighted by atomic mass is 9.74. The molecule has 4 rings (SSSR count). The molecule has 0 aromatic rings. The molecule has 2 amide bonds. The molecule has 35 heavy (non-hydrogen) atoms. The number of ether oxygens (including phenoxy) is 2. The maximum atomic E-state index is 14.3. The van der Waals surface area contributed by atoms with Crippen molar-refractivity contribution in [2.24, 2.45) is 17.8 Å². The Morgan fingerprint density at radius 3 is 2.49 bits per heavy atom. The molecule has 1 N–H and O–H groups in total. The first-order chi connectivity index (χ1) is 16.6. The van der Waals surface area contributed by atoms with Crippen LogP contribution in [-0.4, -0.2) is 81.8 Å². The third-order valence-electron chi connectivity index (χ3n) is 8.44. The van der Waals surface area contributed by atoms with E-state index in [1.165, 1.54) is 0 Å². The molecular weight excluding hydrogens is 448 g/mol. The van der Waals surface area contributed by atoms with Crippen molar-refractivity contribution >= 4 is 17.8 Å². The number of carbonyl (C=O) groups excluding carboxylic acids is 3. The minimum Gasteiger partial charge on any atom is -0.465 e. The van der Waals surface area contributed by atoms with Gasteiger partial charge >= 0.3 is 5.97 Å². The maximum Gasteiger partial charge on any atom is 0.313 e. The van der Waals surface area contributed by atoms with E-state index in [1.807, 2.05) is 58.9 Å². The summed E-state index contributed by atoms with van der Waals surface area (Å²) in [5, 5.41) is 10.4. The Balaban J connectivity index is 1.91. The number of nitrogens with zero attached hydrogens (tertiary/aromatic N) is 2. The summed E-state index contributed by atoms with van der Waals surface area (Å²) in [7, 11) is 0. The fraction of sp³-hybridized carbons (Fsp3) is 0.741. The predicted molar refractivity (Wildman–Crippen MR) is 130 cm³/mol. The zero-order chi connectivity index (χ0) is 25.5. The molecule has 2 saturated heterocycles. The van der Waals surface area contributed by atoms with Gasteiger partial charge in [-0.3, -0.25) is 14.4 Å². The first kappa shape index (κ1) is 25.9. The monoisotopic (exact) mass is 488 g/mol. The number of hydrogen-bond acceptors (Lipinski definition) is 6. The molecule has 2 fully saturated rings. The number of carbonyl (C=O) groups is 3. The fourth-order valence-electron chi connectivity index (χ4n) is 6.39. The quantitative estimate of drug-likeness (QED) is 0.472. The number of cyclic esters (lactones) is 1. The number of amides is 2. The highest BCUT2D eigenvalue weighted by atomic mass is 16.6. The van der Waals surface area contributed by atoms with Crippen molar-refractivity contribution in [3.05, 3.63) is 24.3 Å². The minimum absolute atomic E-state index is 0.0466. The second-order valence-corrected chi connectivity index (χ2v) is 10.9. The molecule has 8 heteroatoms. The molecule has 4 aliphatic rings. The summed E-state index contributed by atoms with van der Waals surface area (Å²) in [6, 6.07) is -1.62. The van der Waals surface area contributed by atoms with Crippen molar-refractivity contribution in [1.82, 2.24) is 9.80 Å². The third kappa shape index (κ3) is 4.02. The van der Waals surface area contributed by atoms with Crippen LogP contribution in [0.4, 0.5) is 0 Å². The number of esters is 1. The molecule has 0 aromatic carbocycles. The van der Waals surface area contributed by atoms with Gasteiger partial charge in [0.05, 0.1) is 30.8 Å². The van der Waals surface area contributed by atoms with Crippen LogP contribution in [0.1, 0.15) is 60.3 Å². The average Bonchev–Trinajstić information content (AvgIpc) is 3.14. The third-order valence-corrected chi connectivity index (χ3v) is 8.44. The van der Waals surface area contributed by atoms with Crippen LogP contribution < -0.4 is 0 Å². The number of aliphatic hydroxyl groups excluding tert-OH is 1. The summed E-state index contributed by atoms with van der Waals surface area (Å²) in [4.78, 5) is 45.2. The number of hydrogen-bond donors (Lipinski definition) is 1. The first-order valence-electron chi connectivity index (χ1n) is 13.1. The van der Waals surface area contributed by atoms with Crippen molar-refractivity contribution in [2.45, 2.75) is 89.6 Å². The van der Waals surface area contributed by atoms with E-state index >= 15 is 0 Å². The highest BCUT2D eigenvalue weighted by Gasteiger charge is 2.75. The summed E-state index contributed by atoms with van der Waals surface area (Å²) in [5.74, 6) is -2.86. The molecule has 1 unspecified atom stereocenters. The van der Waals surface area contributed by atoms with Crippen LogP contribution in [0.2, 0.25) is 0 Å². The maximum absolute atomic E-state index is 14.3. The summed E-state index contributed by atoms with van der Waals surface area (Å²) in [6.07, 6.45) is 10.8. The average molecular weight is 489 g/mol. The number of rotatable bonds is 5. The molecule has 0 aromatic heterocycles. The zero-order valence-corrected chi connectivity index (χ0v) is 21.6. The Hall–Kier alpha value is -2.19. The number of allylic oxidation sites excluding steroid dienone is 1. The number of likely N-dealkylation sites (tertiary alicyclic amines) is 1. The van der Waals surface area contributed by atoms with Gasteiger partial charge in [0.2, 0.25) is 11.8 Å². The lowest BCUT2D eigenvalue weighted by Gasteiger charge is -2.42. The van der Waals surface area contributed by atoms with Crippen molar-refractivity contribution in [3.63, 3.8) is 0 Å². The molecule has 0 radical (unpaired) electrons. The van der Waals surface area contributed by atoms with E-state index < -0.39 is 41.1 Å². The standard InChI is InChI=1S/C27H40N2O6/c1-6-18(4)19(16-30)29-22-24(32)28(17(2)3)14-11-13-27(22)20(23(29)31)21-25(33)34-15-10-8-7-9-12-26(21,5)35-27/h9,11-13,17-22,30H,6-8,10,14-16H2,1-5H3/b12-9-/t18-,19-,20-,21-,22?,26+,27-/m0/s1. The summed E-state index contributed by atoms with van der Waals surface area (Å²) in [6.45, 7) is 10.1. The van der Waals surface area contributed by atoms with E-state index in [0.29, 0.717) is 13.2 Å². The van der Waals surface area contributed by atoms with E-state index in [0.717, 1.165) is 25.7 Å². The highest BCUT2D eigenvalue weighted by molar-refractivity contribution is 5.99. The van der Waals surface area contributed by atoms with E-state index in [2.05, 4.69) is 0 Å². The molecule has 194 valence electrons. The lowest BCUT2D eigenvalue weighted by Crippen LogP contribution is -2.60. The van der Waals surface area contributed by atoms with Crippen LogP contribution in [0.5, 0.6) is 0 Å². The second-order valence-electron chi connectivity index (χ2n) is 10.9. The smallest absolute Gasteiger partial charge is 0.313 e. The van der Waals surface area contributed by atoms with Gasteiger partial charge in [0.1, 0.15) is 17.6 Å². The molecule has 8 nitrogen and oxygen atoms in total. The summed E-state index contributed by atoms with van der Waals surface area (Å²) in [5.41, 5.74) is -2.42. The van der Waals surface area contributed by atoms with Crippen LogP contribution in [-0.2, 0) is 23.9 Å². The Morgan fingerprint density at radius 2 is 1.83 bits per heavy atom. The normalized spacial score (nSPS) is 37.9. The van der Waals surface area contributed by atoms with Crippen LogP contribution in [0.15, 0.2) is 24.3 Å². The van der Waals surface area contributed by atoms with Crippen LogP contribution >= 0.6 is 0 Å². The van der Waals surface area contributed by atoms with Crippen LogP contribution in [0.3, 0.4) is 0 Å². The number of fused-ring (bicyclic) bond motifs is 2. The van der Waals surface area contributed by atoms with Gasteiger partial charge in [0.15, 0.2) is 0 Å². The molecule has 0 bridgehead atoms. The van der Waals surface area contributed by atoms with Crippen LogP contribution in [0, 0.1) is 17.8 Å². The van der Waals surface area contributed by atoms with Crippen LogP contribution in [0.25, 0.3) is 0 Å². The van der Waals surface area contributed by atoms with E-state index in [-0.39, 0.29) is 30.4 Å². The fourth-order valence-corrected chi connectivity index (χ4v) is 6.39. The van der Waals surface area contributed by atoms with Gasteiger partial charge in [-0.2, -0.15) is 0 Å². The second kappa shape index (κ2) is 9.69. The molecular formula is C27H40N2O6. The topological polar surface area (TPSA) is 96.4 Å². The zero-order valence-electron chi connectivity index (χ0n) is 21.6. The van der Waals surface area contributed by atoms with Gasteiger partial charge < -0.3 is 24.4 Å². The molecule has 7 atom stereocenters. The molecule has 4 aliphatic heterocycles. The molecule has 4 heterocycles. The number of aliphatic hydroxyl groups is 1. The Morgan fingerprint density at radius 1 is 1.09 bits per heavy atom. The van der Waals surface area contributed by atoms with Crippen molar-refractivity contribution in [2.75, 3.05) is 19.8 Å². The van der Waals surface area contributed by atoms with Gasteiger partial charge in [-0.1, -0.05) is 44.6 Å². The Bertz CT molecular complexity index is 915. The summed E-state index contributed by atoms with van der Waals surface area (Å²) >= 11 is 0. The molecule has 0 saturated carbocycles. The Kier molecular flexibility index (Phi) is 7.17. The summed E-state index contributed by atoms with van der Waals surface area (Å²) < 4.78 is 12.4. The minimum atomic E-state index is -1.32. The largest absolute Gasteiger partial charge is 0.465 e. The van der Waals surface area contributed by atoms with Gasteiger partial charge in [0.25, 0.3) is 0 Å². The predicted octanol–water partition coefficient (Wildman–Crippen LogP) is 2.45. The van der Waals surface area contributed by atoms with Crippen molar-refractivity contribution < 1.29 is 29.0 Å². The Labute approximate surface area is 208 Å². The van der Waals surface area contributed by atoms with Crippen molar-refractivity contribution in [1.29, 1.82) is 0 Å². The van der Waals surface area contributed by atoms with Crippen molar-refractivity contribution in [3.8, 4) is 0 Å². The van der Waals surface area contributed by atoms with E-state index in [1.54, 1.807) is 9.80 Å². The van der Waals surface area contributed by atoms with E-state index in [4.69, 9.17) is 9.47 Å². The highest BCUT2D eigenvalue weighted by Crippen LogP contribution is 2.57. The van der Waals surface area contributed by atoms with Gasteiger partial charge in [-0.05, 0) is 46.0 Å². The van der Waals surface area contributed by atoms with Gasteiger partial charge in [-0.25, -0.2) is 0 Å². The van der Waals surface area contributed by atoms with Gasteiger partial charge in [-0.15, -0.1) is 0 Å².